The highest BCUT2D eigenvalue weighted by Crippen LogP contribution is 2.35. The van der Waals surface area contributed by atoms with Crippen LogP contribution in [0.1, 0.15) is 38.2 Å². The summed E-state index contributed by atoms with van der Waals surface area (Å²) in [5.74, 6) is 5.69. The highest BCUT2D eigenvalue weighted by Gasteiger charge is 2.34. The molecule has 0 saturated carbocycles. The van der Waals surface area contributed by atoms with Gasteiger partial charge in [-0.3, -0.25) is 19.4 Å². The van der Waals surface area contributed by atoms with Crippen LogP contribution in [0.5, 0.6) is 0 Å². The first-order chi connectivity index (χ1) is 20.0. The first kappa shape index (κ1) is 29.0. The average molecular weight is 573 g/mol. The van der Waals surface area contributed by atoms with E-state index in [9.17, 15) is 18.0 Å². The Morgan fingerprint density at radius 1 is 0.952 bits per heavy atom. The maximum atomic E-state index is 14.0. The third-order valence-electron chi connectivity index (χ3n) is 7.28. The number of amides is 1. The van der Waals surface area contributed by atoms with Crippen molar-refractivity contribution < 1.29 is 18.0 Å². The van der Waals surface area contributed by atoms with Crippen molar-refractivity contribution in [3.63, 3.8) is 0 Å². The van der Waals surface area contributed by atoms with Gasteiger partial charge < -0.3 is 10.2 Å². The zero-order valence-corrected chi connectivity index (χ0v) is 23.7. The lowest BCUT2D eigenvalue weighted by molar-refractivity contribution is -0.138. The van der Waals surface area contributed by atoms with E-state index in [4.69, 9.17) is 0 Å². The van der Waals surface area contributed by atoms with Crippen LogP contribution in [0.3, 0.4) is 0 Å². The molecule has 0 bridgehead atoms. The lowest BCUT2D eigenvalue weighted by Crippen LogP contribution is -2.44. The van der Waals surface area contributed by atoms with Gasteiger partial charge in [-0.1, -0.05) is 24.0 Å². The number of likely N-dealkylation sites (N-methyl/N-ethyl adjacent to an activating group) is 1. The molecule has 1 N–H and O–H groups in total. The largest absolute Gasteiger partial charge is 0.416 e. The number of nitrogens with one attached hydrogen (secondary N) is 1. The number of aryl methyl sites for hydroxylation is 2. The van der Waals surface area contributed by atoms with E-state index in [-0.39, 0.29) is 17.8 Å². The molecule has 7 nitrogen and oxygen atoms in total. The molecule has 1 fully saturated rings. The number of alkyl halides is 3. The predicted octanol–water partition coefficient (Wildman–Crippen LogP) is 5.21. The van der Waals surface area contributed by atoms with Gasteiger partial charge in [0.2, 0.25) is 0 Å². The Labute approximate surface area is 243 Å². The summed E-state index contributed by atoms with van der Waals surface area (Å²) in [5.41, 5.74) is 3.83. The molecule has 0 unspecified atom stereocenters. The Morgan fingerprint density at radius 3 is 2.45 bits per heavy atom. The smallest absolute Gasteiger partial charge is 0.322 e. The summed E-state index contributed by atoms with van der Waals surface area (Å²) in [6.45, 7) is 5.12. The second-order valence-electron chi connectivity index (χ2n) is 10.5. The van der Waals surface area contributed by atoms with Crippen LogP contribution in [0.4, 0.5) is 18.9 Å². The molecule has 4 aromatic rings. The normalized spacial score (nSPS) is 14.3. The van der Waals surface area contributed by atoms with Gasteiger partial charge in [0.25, 0.3) is 5.91 Å². The van der Waals surface area contributed by atoms with E-state index in [1.54, 1.807) is 41.5 Å². The number of benzene rings is 2. The van der Waals surface area contributed by atoms with E-state index in [0.29, 0.717) is 29.8 Å². The van der Waals surface area contributed by atoms with Gasteiger partial charge >= 0.3 is 6.18 Å². The van der Waals surface area contributed by atoms with Crippen molar-refractivity contribution in [1.29, 1.82) is 0 Å². The molecule has 0 atom stereocenters. The van der Waals surface area contributed by atoms with E-state index >= 15 is 0 Å². The minimum atomic E-state index is -4.54. The van der Waals surface area contributed by atoms with Gasteiger partial charge in [0.05, 0.1) is 11.8 Å². The fourth-order valence-corrected chi connectivity index (χ4v) is 4.78. The van der Waals surface area contributed by atoms with E-state index in [1.807, 2.05) is 38.2 Å². The number of pyridine rings is 1. The van der Waals surface area contributed by atoms with Gasteiger partial charge in [-0.05, 0) is 55.4 Å². The Balaban J connectivity index is 1.33. The summed E-state index contributed by atoms with van der Waals surface area (Å²) < 4.78 is 43.7. The van der Waals surface area contributed by atoms with Crippen LogP contribution in [0, 0.1) is 18.8 Å². The maximum absolute atomic E-state index is 14.0. The van der Waals surface area contributed by atoms with Crippen LogP contribution in [-0.4, -0.2) is 63.7 Å². The highest BCUT2D eigenvalue weighted by molar-refractivity contribution is 6.04. The van der Waals surface area contributed by atoms with Gasteiger partial charge in [-0.15, -0.1) is 0 Å². The van der Waals surface area contributed by atoms with Gasteiger partial charge in [0, 0.05) is 91.9 Å². The van der Waals surface area contributed by atoms with Crippen LogP contribution in [0.15, 0.2) is 67.3 Å². The molecule has 1 aliphatic rings. The zero-order chi connectivity index (χ0) is 29.9. The molecule has 2 aromatic heterocycles. The predicted molar refractivity (Wildman–Crippen MR) is 156 cm³/mol. The minimum Gasteiger partial charge on any atom is -0.322 e. The van der Waals surface area contributed by atoms with Crippen LogP contribution in [0.25, 0.3) is 11.1 Å². The molecule has 42 heavy (non-hydrogen) atoms. The Kier molecular flexibility index (Phi) is 8.43. The third kappa shape index (κ3) is 7.05. The number of carbonyl (C=O) groups is 1. The molecule has 1 aliphatic heterocycles. The minimum absolute atomic E-state index is 0.0842. The van der Waals surface area contributed by atoms with E-state index < -0.39 is 17.6 Å². The topological polar surface area (TPSA) is 66.3 Å². The number of nitrogens with zero attached hydrogens (tertiary/aromatic N) is 5. The van der Waals surface area contributed by atoms with Crippen molar-refractivity contribution in [2.24, 2.45) is 7.05 Å². The zero-order valence-electron chi connectivity index (χ0n) is 23.7. The lowest BCUT2D eigenvalue weighted by atomic mass is 10.0. The van der Waals surface area contributed by atoms with Crippen molar-refractivity contribution in [2.45, 2.75) is 19.6 Å². The van der Waals surface area contributed by atoms with Crippen LogP contribution in [0.2, 0.25) is 0 Å². The molecule has 0 aliphatic carbocycles. The molecule has 0 spiro atoms. The number of rotatable bonds is 5. The van der Waals surface area contributed by atoms with Crippen molar-refractivity contribution in [3.8, 4) is 23.0 Å². The first-order valence-corrected chi connectivity index (χ1v) is 13.5. The van der Waals surface area contributed by atoms with Crippen molar-refractivity contribution in [1.82, 2.24) is 24.6 Å². The number of hydrogen-bond acceptors (Lipinski definition) is 5. The van der Waals surface area contributed by atoms with Crippen molar-refractivity contribution in [2.75, 3.05) is 38.5 Å². The van der Waals surface area contributed by atoms with Crippen molar-refractivity contribution in [3.05, 3.63) is 101 Å². The van der Waals surface area contributed by atoms with E-state index in [0.717, 1.165) is 35.8 Å². The second-order valence-corrected chi connectivity index (χ2v) is 10.5. The second kappa shape index (κ2) is 12.2. The number of hydrogen-bond donors (Lipinski definition) is 1. The third-order valence-corrected chi connectivity index (χ3v) is 7.28. The van der Waals surface area contributed by atoms with Gasteiger partial charge in [0.15, 0.2) is 0 Å². The van der Waals surface area contributed by atoms with Crippen LogP contribution < -0.4 is 5.32 Å². The Bertz CT molecular complexity index is 1660. The summed E-state index contributed by atoms with van der Waals surface area (Å²) in [6.07, 6.45) is 2.49. The first-order valence-electron chi connectivity index (χ1n) is 13.5. The number of anilines is 1. The molecule has 216 valence electrons. The molecule has 3 heterocycles. The fourth-order valence-electron chi connectivity index (χ4n) is 4.78. The highest BCUT2D eigenvalue weighted by atomic mass is 19.4. The number of piperazine rings is 1. The standard InChI is InChI=1S/C32H31F3N6O/c1-22-4-6-25(15-24(22)7-5-23-14-27(18-36-17-23)28-19-37-40(3)20-28)31(42)38-29-9-8-26(30(16-29)32(33,34)35)21-41-12-10-39(2)11-13-41/h4,6,8-9,14-20H,10-13,21H2,1-3H3,(H,38,42). The van der Waals surface area contributed by atoms with Crippen LogP contribution >= 0.6 is 0 Å². The molecular weight excluding hydrogens is 541 g/mol. The van der Waals surface area contributed by atoms with E-state index in [2.05, 4.69) is 32.1 Å². The number of halogens is 3. The SMILES string of the molecule is Cc1ccc(C(=O)Nc2ccc(CN3CCN(C)CC3)c(C(F)(F)F)c2)cc1C#Cc1cncc(-c2cnn(C)c2)c1. The number of carbonyl (C=O) groups excluding carboxylic acids is 1. The molecule has 10 heteroatoms. The molecule has 2 aromatic carbocycles. The molecule has 0 radical (unpaired) electrons. The van der Waals surface area contributed by atoms with Crippen LogP contribution in [-0.2, 0) is 19.8 Å². The van der Waals surface area contributed by atoms with E-state index in [1.165, 1.54) is 12.1 Å². The molecule has 1 amide bonds. The Hall–Kier alpha value is -4.46. The Morgan fingerprint density at radius 2 is 1.74 bits per heavy atom. The molecule has 1 saturated heterocycles. The fraction of sp³-hybridized carbons (Fsp3) is 0.281. The quantitative estimate of drug-likeness (QED) is 0.333. The van der Waals surface area contributed by atoms with Gasteiger partial charge in [-0.25, -0.2) is 0 Å². The lowest BCUT2D eigenvalue weighted by Gasteiger charge is -2.33. The average Bonchev–Trinajstić information content (AvgIpc) is 3.40. The summed E-state index contributed by atoms with van der Waals surface area (Å²) in [4.78, 5) is 21.5. The summed E-state index contributed by atoms with van der Waals surface area (Å²) >= 11 is 0. The summed E-state index contributed by atoms with van der Waals surface area (Å²) in [6, 6.07) is 10.9. The number of aromatic nitrogens is 3. The summed E-state index contributed by atoms with van der Waals surface area (Å²) in [5, 5.41) is 6.82. The van der Waals surface area contributed by atoms with Gasteiger partial charge in [0.1, 0.15) is 0 Å². The summed E-state index contributed by atoms with van der Waals surface area (Å²) in [7, 11) is 3.84. The molecule has 5 rings (SSSR count). The van der Waals surface area contributed by atoms with Gasteiger partial charge in [-0.2, -0.15) is 18.3 Å². The monoisotopic (exact) mass is 572 g/mol. The van der Waals surface area contributed by atoms with Crippen molar-refractivity contribution >= 4 is 11.6 Å². The molecular formula is C32H31F3N6O. The maximum Gasteiger partial charge on any atom is 0.416 e.